The molecule has 96 valence electrons. The topological polar surface area (TPSA) is 79.3 Å². The molecule has 1 amide bonds. The lowest BCUT2D eigenvalue weighted by molar-refractivity contribution is 0.0697. The highest BCUT2D eigenvalue weighted by Crippen LogP contribution is 2.14. The summed E-state index contributed by atoms with van der Waals surface area (Å²) in [5, 5.41) is 11.6. The van der Waals surface area contributed by atoms with Gasteiger partial charge in [-0.2, -0.15) is 0 Å². The number of carboxylic acids is 1. The first-order valence-electron chi connectivity index (χ1n) is 5.63. The Bertz CT molecular complexity index is 638. The Labute approximate surface area is 109 Å². The van der Waals surface area contributed by atoms with Crippen LogP contribution in [0.15, 0.2) is 42.7 Å². The molecule has 2 rings (SSSR count). The largest absolute Gasteiger partial charge is 0.478 e. The van der Waals surface area contributed by atoms with Gasteiger partial charge in [-0.05, 0) is 36.8 Å². The van der Waals surface area contributed by atoms with Crippen molar-refractivity contribution in [3.05, 3.63) is 59.4 Å². The molecule has 0 saturated heterocycles. The van der Waals surface area contributed by atoms with E-state index in [1.807, 2.05) is 6.92 Å². The van der Waals surface area contributed by atoms with Crippen molar-refractivity contribution in [1.29, 1.82) is 0 Å². The molecule has 0 spiro atoms. The van der Waals surface area contributed by atoms with E-state index in [-0.39, 0.29) is 11.5 Å². The van der Waals surface area contributed by atoms with Gasteiger partial charge in [-0.15, -0.1) is 0 Å². The summed E-state index contributed by atoms with van der Waals surface area (Å²) in [6.07, 6.45) is 3.18. The van der Waals surface area contributed by atoms with E-state index >= 15 is 0 Å². The molecule has 0 bridgehead atoms. The molecule has 0 unspecified atom stereocenters. The van der Waals surface area contributed by atoms with Crippen LogP contribution >= 0.6 is 0 Å². The van der Waals surface area contributed by atoms with E-state index in [1.165, 1.54) is 18.2 Å². The van der Waals surface area contributed by atoms with Crippen LogP contribution in [0.2, 0.25) is 0 Å². The zero-order chi connectivity index (χ0) is 13.8. The van der Waals surface area contributed by atoms with Crippen LogP contribution in [0.1, 0.15) is 26.3 Å². The van der Waals surface area contributed by atoms with Gasteiger partial charge in [0.25, 0.3) is 5.91 Å². The quantitative estimate of drug-likeness (QED) is 0.883. The van der Waals surface area contributed by atoms with Crippen molar-refractivity contribution < 1.29 is 14.7 Å². The molecule has 0 saturated carbocycles. The molecule has 1 heterocycles. The maximum absolute atomic E-state index is 12.0. The minimum absolute atomic E-state index is 0.0792. The van der Waals surface area contributed by atoms with Crippen LogP contribution in [0.4, 0.5) is 5.69 Å². The number of aryl methyl sites for hydroxylation is 1. The summed E-state index contributed by atoms with van der Waals surface area (Å²) >= 11 is 0. The average Bonchev–Trinajstić information content (AvgIpc) is 2.41. The summed E-state index contributed by atoms with van der Waals surface area (Å²) in [4.78, 5) is 26.8. The lowest BCUT2D eigenvalue weighted by Gasteiger charge is -2.07. The summed E-state index contributed by atoms with van der Waals surface area (Å²) in [7, 11) is 0. The van der Waals surface area contributed by atoms with Crippen molar-refractivity contribution in [2.75, 3.05) is 5.32 Å². The molecule has 19 heavy (non-hydrogen) atoms. The zero-order valence-electron chi connectivity index (χ0n) is 10.3. The van der Waals surface area contributed by atoms with Crippen LogP contribution in [0.25, 0.3) is 0 Å². The summed E-state index contributed by atoms with van der Waals surface area (Å²) in [6.45, 7) is 1.85. The summed E-state index contributed by atoms with van der Waals surface area (Å²) in [5.41, 5.74) is 1.87. The van der Waals surface area contributed by atoms with Crippen molar-refractivity contribution in [2.24, 2.45) is 0 Å². The fourth-order valence-electron chi connectivity index (χ4n) is 1.58. The van der Waals surface area contributed by atoms with Crippen LogP contribution in [0, 0.1) is 6.92 Å². The Morgan fingerprint density at radius 3 is 2.63 bits per heavy atom. The molecule has 0 radical (unpaired) electrons. The molecular weight excluding hydrogens is 244 g/mol. The molecule has 0 aliphatic heterocycles. The molecule has 0 aliphatic rings. The predicted molar refractivity (Wildman–Crippen MR) is 70.3 cm³/mol. The monoisotopic (exact) mass is 256 g/mol. The van der Waals surface area contributed by atoms with Crippen molar-refractivity contribution in [3.63, 3.8) is 0 Å². The first-order valence-corrected chi connectivity index (χ1v) is 5.63. The number of rotatable bonds is 3. The number of hydrogen-bond acceptors (Lipinski definition) is 3. The third kappa shape index (κ3) is 2.95. The average molecular weight is 256 g/mol. The summed E-state index contributed by atoms with van der Waals surface area (Å²) < 4.78 is 0. The SMILES string of the molecule is Cc1ccncc1NC(=O)c1cccc(C(=O)O)c1. The number of pyridine rings is 1. The van der Waals surface area contributed by atoms with Crippen molar-refractivity contribution in [3.8, 4) is 0 Å². The van der Waals surface area contributed by atoms with Crippen molar-refractivity contribution >= 4 is 17.6 Å². The maximum atomic E-state index is 12.0. The van der Waals surface area contributed by atoms with Crippen LogP contribution < -0.4 is 5.32 Å². The van der Waals surface area contributed by atoms with Gasteiger partial charge in [-0.3, -0.25) is 9.78 Å². The molecule has 1 aromatic heterocycles. The standard InChI is InChI=1S/C14H12N2O3/c1-9-5-6-15-8-12(9)16-13(17)10-3-2-4-11(7-10)14(18)19/h2-8H,1H3,(H,16,17)(H,18,19). The number of carboxylic acid groups (broad SMARTS) is 1. The number of nitrogens with one attached hydrogen (secondary N) is 1. The second-order valence-corrected chi connectivity index (χ2v) is 4.03. The van der Waals surface area contributed by atoms with E-state index in [0.29, 0.717) is 11.3 Å². The first-order chi connectivity index (χ1) is 9.08. The molecule has 2 N–H and O–H groups in total. The van der Waals surface area contributed by atoms with Gasteiger partial charge in [0.05, 0.1) is 17.4 Å². The summed E-state index contributed by atoms with van der Waals surface area (Å²) in [6, 6.07) is 7.66. The van der Waals surface area contributed by atoms with E-state index < -0.39 is 5.97 Å². The third-order valence-corrected chi connectivity index (χ3v) is 2.66. The number of carbonyl (C=O) groups is 2. The number of benzene rings is 1. The minimum atomic E-state index is -1.06. The normalized spacial score (nSPS) is 9.95. The minimum Gasteiger partial charge on any atom is -0.478 e. The van der Waals surface area contributed by atoms with Gasteiger partial charge in [0.1, 0.15) is 0 Å². The third-order valence-electron chi connectivity index (χ3n) is 2.66. The second-order valence-electron chi connectivity index (χ2n) is 4.03. The Hall–Kier alpha value is -2.69. The number of aromatic nitrogens is 1. The smallest absolute Gasteiger partial charge is 0.335 e. The van der Waals surface area contributed by atoms with Crippen LogP contribution in [-0.2, 0) is 0 Å². The Balaban J connectivity index is 2.23. The molecule has 0 aliphatic carbocycles. The van der Waals surface area contributed by atoms with E-state index in [4.69, 9.17) is 5.11 Å². The molecule has 5 nitrogen and oxygen atoms in total. The van der Waals surface area contributed by atoms with Gasteiger partial charge >= 0.3 is 5.97 Å². The zero-order valence-corrected chi connectivity index (χ0v) is 10.3. The number of amides is 1. The van der Waals surface area contributed by atoms with Gasteiger partial charge < -0.3 is 10.4 Å². The lowest BCUT2D eigenvalue weighted by Crippen LogP contribution is -2.13. The number of carbonyl (C=O) groups excluding carboxylic acids is 1. The number of nitrogens with zero attached hydrogens (tertiary/aromatic N) is 1. The highest BCUT2D eigenvalue weighted by molar-refractivity contribution is 6.05. The van der Waals surface area contributed by atoms with Gasteiger partial charge in [0.15, 0.2) is 0 Å². The molecule has 2 aromatic rings. The second kappa shape index (κ2) is 5.30. The van der Waals surface area contributed by atoms with Gasteiger partial charge in [0, 0.05) is 11.8 Å². The fraction of sp³-hybridized carbons (Fsp3) is 0.0714. The van der Waals surface area contributed by atoms with Gasteiger partial charge in [0.2, 0.25) is 0 Å². The highest BCUT2D eigenvalue weighted by Gasteiger charge is 2.10. The molecule has 0 fully saturated rings. The van der Waals surface area contributed by atoms with E-state index in [1.54, 1.807) is 24.5 Å². The van der Waals surface area contributed by atoms with Crippen molar-refractivity contribution in [2.45, 2.75) is 6.92 Å². The predicted octanol–water partition coefficient (Wildman–Crippen LogP) is 2.34. The molecule has 5 heteroatoms. The van der Waals surface area contributed by atoms with Gasteiger partial charge in [-0.25, -0.2) is 4.79 Å². The maximum Gasteiger partial charge on any atom is 0.335 e. The molecular formula is C14H12N2O3. The van der Waals surface area contributed by atoms with Crippen LogP contribution in [0.5, 0.6) is 0 Å². The van der Waals surface area contributed by atoms with E-state index in [0.717, 1.165) is 5.56 Å². The Kier molecular flexibility index (Phi) is 3.56. The summed E-state index contributed by atoms with van der Waals surface area (Å²) in [5.74, 6) is -1.42. The van der Waals surface area contributed by atoms with Crippen LogP contribution in [0.3, 0.4) is 0 Å². The number of anilines is 1. The Morgan fingerprint density at radius 1 is 1.21 bits per heavy atom. The first kappa shape index (κ1) is 12.8. The van der Waals surface area contributed by atoms with E-state index in [2.05, 4.69) is 10.3 Å². The van der Waals surface area contributed by atoms with Crippen molar-refractivity contribution in [1.82, 2.24) is 4.98 Å². The van der Waals surface area contributed by atoms with E-state index in [9.17, 15) is 9.59 Å². The molecule has 0 atom stereocenters. The lowest BCUT2D eigenvalue weighted by atomic mass is 10.1. The number of hydrogen-bond donors (Lipinski definition) is 2. The number of aromatic carboxylic acids is 1. The molecule has 1 aromatic carbocycles. The fourth-order valence-corrected chi connectivity index (χ4v) is 1.58. The highest BCUT2D eigenvalue weighted by atomic mass is 16.4. The van der Waals surface area contributed by atoms with Crippen LogP contribution in [-0.4, -0.2) is 22.0 Å². The Morgan fingerprint density at radius 2 is 1.95 bits per heavy atom. The van der Waals surface area contributed by atoms with Gasteiger partial charge in [-0.1, -0.05) is 6.07 Å².